The summed E-state index contributed by atoms with van der Waals surface area (Å²) in [4.78, 5) is 14.1. The van der Waals surface area contributed by atoms with Gasteiger partial charge in [0.05, 0.1) is 23.5 Å². The third kappa shape index (κ3) is 9.46. The van der Waals surface area contributed by atoms with Gasteiger partial charge in [0.1, 0.15) is 0 Å². The first-order chi connectivity index (χ1) is 27.7. The second-order valence-electron chi connectivity index (χ2n) is 14.3. The van der Waals surface area contributed by atoms with Crippen LogP contribution in [0.5, 0.6) is 0 Å². The number of hydrogen-bond donors (Lipinski definition) is 0. The van der Waals surface area contributed by atoms with E-state index in [1.807, 2.05) is 68.9 Å². The third-order valence-corrected chi connectivity index (χ3v) is 11.2. The third-order valence-electron chi connectivity index (χ3n) is 9.98. The second kappa shape index (κ2) is 18.6. The number of rotatable bonds is 8. The maximum atomic E-state index is 6.14. The average Bonchev–Trinajstić information content (AvgIpc) is 4.00. The van der Waals surface area contributed by atoms with Crippen molar-refractivity contribution in [2.45, 2.75) is 57.2 Å². The van der Waals surface area contributed by atoms with Crippen LogP contribution in [0, 0.1) is 0 Å². The molecule has 18 heteroatoms. The largest absolute Gasteiger partial charge is 0.341 e. The van der Waals surface area contributed by atoms with Crippen LogP contribution in [-0.4, -0.2) is 111 Å². The lowest BCUT2D eigenvalue weighted by atomic mass is 10.0. The Morgan fingerprint density at radius 2 is 1.37 bits per heavy atom. The normalized spacial score (nSPS) is 17.5. The molecule has 2 saturated heterocycles. The molecule has 5 heterocycles. The number of aliphatic imine (C=N–C) groups is 1. The first-order valence-electron chi connectivity index (χ1n) is 19.0. The van der Waals surface area contributed by atoms with Crippen molar-refractivity contribution in [1.82, 2.24) is 65.0 Å². The van der Waals surface area contributed by atoms with E-state index in [-0.39, 0.29) is 12.1 Å². The monoisotopic (exact) mass is 827 g/mol. The lowest BCUT2D eigenvalue weighted by Gasteiger charge is -2.35. The molecule has 0 radical (unpaired) electrons. The number of thioether (sulfide) groups is 1. The Hall–Kier alpha value is -4.90. The molecule has 0 bridgehead atoms. The van der Waals surface area contributed by atoms with Crippen molar-refractivity contribution in [3.8, 4) is 22.8 Å². The molecule has 3 aromatic heterocycles. The molecule has 0 N–H and O–H groups in total. The van der Waals surface area contributed by atoms with Crippen molar-refractivity contribution in [2.75, 3.05) is 45.4 Å². The van der Waals surface area contributed by atoms with Gasteiger partial charge >= 0.3 is 0 Å². The minimum atomic E-state index is -0.0140. The van der Waals surface area contributed by atoms with Gasteiger partial charge in [-0.05, 0) is 111 Å². The van der Waals surface area contributed by atoms with Gasteiger partial charge in [-0.25, -0.2) is 0 Å². The predicted octanol–water partition coefficient (Wildman–Crippen LogP) is 7.10. The van der Waals surface area contributed by atoms with E-state index in [0.717, 1.165) is 91.4 Å². The van der Waals surface area contributed by atoms with Gasteiger partial charge in [-0.1, -0.05) is 71.4 Å². The molecular weight excluding hydrogens is 782 g/mol. The fourth-order valence-corrected chi connectivity index (χ4v) is 8.29. The van der Waals surface area contributed by atoms with Crippen LogP contribution in [0.25, 0.3) is 22.8 Å². The summed E-state index contributed by atoms with van der Waals surface area (Å²) in [7, 11) is 7.98. The Bertz CT molecular complexity index is 2270. The number of likely N-dealkylation sites (tertiary alicyclic amines) is 1. The summed E-state index contributed by atoms with van der Waals surface area (Å²) in [5.41, 5.74) is 3.91. The van der Waals surface area contributed by atoms with Crippen molar-refractivity contribution in [3.05, 3.63) is 100 Å². The van der Waals surface area contributed by atoms with Crippen molar-refractivity contribution >= 4 is 46.1 Å². The number of nitrogens with zero attached hydrogens (tertiary/aromatic N) is 15. The zero-order valence-electron chi connectivity index (χ0n) is 32.8. The van der Waals surface area contributed by atoms with E-state index in [9.17, 15) is 0 Å². The van der Waals surface area contributed by atoms with Crippen molar-refractivity contribution in [3.63, 3.8) is 0 Å². The molecule has 2 atom stereocenters. The van der Waals surface area contributed by atoms with Crippen LogP contribution < -0.4 is 4.90 Å². The number of anilines is 1. The van der Waals surface area contributed by atoms with E-state index in [2.05, 4.69) is 104 Å². The molecule has 57 heavy (non-hydrogen) atoms. The van der Waals surface area contributed by atoms with Crippen molar-refractivity contribution in [1.29, 1.82) is 0 Å². The molecule has 0 spiro atoms. The van der Waals surface area contributed by atoms with E-state index in [1.54, 1.807) is 11.8 Å². The summed E-state index contributed by atoms with van der Waals surface area (Å²) < 4.78 is 2.06. The standard InChI is InChI=1S/C24H28ClN9.C15H19ClN6S/c1-31(2)16-17-10-12-18(13-11-17)23-27-28-24(32(23)3)33-14-5-4-9-21(33)22-26-30-34(29-22)20-8-6-7-19(25)15-20;1-17-15(23-2)21-9-4-3-8-13(21)14-18-20-22(19-14)12-7-5-6-11(16)10-12/h6-8,10-13,15,21H,4-5,9,14,16H2,1-3H3;5-7,10,13H,3-4,8-9H2,1-2H3/b;17-15-. The number of aromatic nitrogens is 11. The summed E-state index contributed by atoms with van der Waals surface area (Å²) in [6.45, 7) is 2.75. The Morgan fingerprint density at radius 3 is 1.95 bits per heavy atom. The molecule has 6 aromatic rings. The molecule has 2 fully saturated rings. The fourth-order valence-electron chi connectivity index (χ4n) is 7.29. The molecule has 0 saturated carbocycles. The van der Waals surface area contributed by atoms with Gasteiger partial charge in [-0.2, -0.15) is 0 Å². The smallest absolute Gasteiger partial charge is 0.227 e. The number of hydrogen-bond acceptors (Lipinski definition) is 12. The lowest BCUT2D eigenvalue weighted by Crippen LogP contribution is -2.37. The molecule has 3 aromatic carbocycles. The van der Waals surface area contributed by atoms with Gasteiger partial charge < -0.3 is 14.7 Å². The highest BCUT2D eigenvalue weighted by molar-refractivity contribution is 8.13. The first-order valence-corrected chi connectivity index (χ1v) is 21.0. The Balaban J connectivity index is 0.000000188. The van der Waals surface area contributed by atoms with Crippen LogP contribution in [0.3, 0.4) is 0 Å². The Morgan fingerprint density at radius 1 is 0.772 bits per heavy atom. The predicted molar refractivity (Wildman–Crippen MR) is 226 cm³/mol. The fraction of sp³-hybridized carbons (Fsp3) is 0.410. The topological polar surface area (TPSA) is 140 Å². The quantitative estimate of drug-likeness (QED) is 0.114. The molecule has 298 valence electrons. The number of amidine groups is 1. The van der Waals surface area contributed by atoms with E-state index < -0.39 is 0 Å². The number of piperidine rings is 2. The van der Waals surface area contributed by atoms with Crippen LogP contribution in [0.15, 0.2) is 77.8 Å². The number of benzene rings is 3. The van der Waals surface area contributed by atoms with Crippen LogP contribution in [0.4, 0.5) is 5.95 Å². The Labute approximate surface area is 347 Å². The van der Waals surface area contributed by atoms with Crippen LogP contribution >= 0.6 is 35.0 Å². The van der Waals surface area contributed by atoms with Gasteiger partial charge in [0.25, 0.3) is 0 Å². The minimum Gasteiger partial charge on any atom is -0.341 e. The number of halogens is 2. The molecule has 8 rings (SSSR count). The number of tetrazole rings is 2. The van der Waals surface area contributed by atoms with E-state index in [0.29, 0.717) is 15.9 Å². The van der Waals surface area contributed by atoms with Gasteiger partial charge in [0.2, 0.25) is 5.95 Å². The molecule has 0 amide bonds. The zero-order chi connectivity index (χ0) is 39.9. The van der Waals surface area contributed by atoms with Crippen molar-refractivity contribution < 1.29 is 0 Å². The molecule has 2 aliphatic rings. The molecule has 2 aliphatic heterocycles. The molecule has 0 aliphatic carbocycles. The van der Waals surface area contributed by atoms with E-state index in [4.69, 9.17) is 23.2 Å². The van der Waals surface area contributed by atoms with Gasteiger partial charge in [0.15, 0.2) is 22.6 Å². The summed E-state index contributed by atoms with van der Waals surface area (Å²) in [6, 6.07) is 23.5. The summed E-state index contributed by atoms with van der Waals surface area (Å²) in [5, 5.41) is 37.8. The van der Waals surface area contributed by atoms with Gasteiger partial charge in [-0.15, -0.1) is 40.2 Å². The maximum absolute atomic E-state index is 6.14. The average molecular weight is 829 g/mol. The van der Waals surface area contributed by atoms with Crippen LogP contribution in [0.2, 0.25) is 10.0 Å². The minimum absolute atomic E-state index is 0.0140. The highest BCUT2D eigenvalue weighted by atomic mass is 35.5. The Kier molecular flexibility index (Phi) is 13.1. The zero-order valence-corrected chi connectivity index (χ0v) is 35.1. The van der Waals surface area contributed by atoms with Gasteiger partial charge in [-0.3, -0.25) is 9.56 Å². The maximum Gasteiger partial charge on any atom is 0.227 e. The highest BCUT2D eigenvalue weighted by Crippen LogP contribution is 2.34. The highest BCUT2D eigenvalue weighted by Gasteiger charge is 2.32. The van der Waals surface area contributed by atoms with E-state index in [1.165, 1.54) is 21.6 Å². The van der Waals surface area contributed by atoms with Crippen LogP contribution in [-0.2, 0) is 13.6 Å². The van der Waals surface area contributed by atoms with E-state index >= 15 is 0 Å². The SMILES string of the molecule is C/N=C(\SC)N1CCCCC1c1nnn(-c2cccc(Cl)c2)n1.CN(C)Cc1ccc(-c2nnc(N3CCCCC3c3nnn(-c4cccc(Cl)c4)n3)n2C)cc1. The second-order valence-corrected chi connectivity index (χ2v) is 15.9. The summed E-state index contributed by atoms with van der Waals surface area (Å²) in [6.07, 6.45) is 8.51. The summed E-state index contributed by atoms with van der Waals surface area (Å²) in [5.74, 6) is 3.07. The molecule has 15 nitrogen and oxygen atoms in total. The molecular formula is C39H47Cl2N15S. The van der Waals surface area contributed by atoms with Crippen LogP contribution in [0.1, 0.15) is 67.8 Å². The lowest BCUT2D eigenvalue weighted by molar-refractivity contribution is 0.239. The summed E-state index contributed by atoms with van der Waals surface area (Å²) >= 11 is 13.8. The van der Waals surface area contributed by atoms with Crippen molar-refractivity contribution in [2.24, 2.45) is 12.0 Å². The van der Waals surface area contributed by atoms with Gasteiger partial charge in [0, 0.05) is 49.3 Å². The first kappa shape index (κ1) is 40.3. The molecule has 2 unspecified atom stereocenters.